The SMILES string of the molecule is COc1cc2c(cc1OC)C(COc1cccc(C(F)(F)F)c1)N(C(=S)Nc1cccc(Br)c1)CC2. The number of nitrogens with zero attached hydrogens (tertiary/aromatic N) is 1. The number of rotatable bonds is 6. The van der Waals surface area contributed by atoms with Crippen molar-refractivity contribution in [3.8, 4) is 17.2 Å². The van der Waals surface area contributed by atoms with Crippen molar-refractivity contribution in [2.75, 3.05) is 32.7 Å². The second-order valence-electron chi connectivity index (χ2n) is 8.14. The van der Waals surface area contributed by atoms with Gasteiger partial charge in [0.2, 0.25) is 0 Å². The summed E-state index contributed by atoms with van der Waals surface area (Å²) in [6.07, 6.45) is -3.77. The van der Waals surface area contributed by atoms with E-state index in [9.17, 15) is 13.2 Å². The minimum atomic E-state index is -4.46. The van der Waals surface area contributed by atoms with Gasteiger partial charge in [-0.3, -0.25) is 0 Å². The van der Waals surface area contributed by atoms with Crippen molar-refractivity contribution in [1.29, 1.82) is 0 Å². The summed E-state index contributed by atoms with van der Waals surface area (Å²) in [5.74, 6) is 1.29. The van der Waals surface area contributed by atoms with Crippen LogP contribution >= 0.6 is 28.1 Å². The van der Waals surface area contributed by atoms with Crippen molar-refractivity contribution < 1.29 is 27.4 Å². The van der Waals surface area contributed by atoms with Crippen molar-refractivity contribution >= 4 is 38.9 Å². The second kappa shape index (κ2) is 11.0. The van der Waals surface area contributed by atoms with E-state index in [4.69, 9.17) is 26.4 Å². The van der Waals surface area contributed by atoms with Crippen molar-refractivity contribution in [2.45, 2.75) is 18.6 Å². The molecule has 190 valence electrons. The first kappa shape index (κ1) is 26.1. The van der Waals surface area contributed by atoms with Crippen LogP contribution in [0.15, 0.2) is 65.1 Å². The van der Waals surface area contributed by atoms with E-state index in [0.717, 1.165) is 33.4 Å². The third-order valence-electron chi connectivity index (χ3n) is 5.91. The number of halogens is 4. The molecule has 10 heteroatoms. The van der Waals surface area contributed by atoms with Crippen LogP contribution in [0.2, 0.25) is 0 Å². The van der Waals surface area contributed by atoms with Crippen molar-refractivity contribution in [3.63, 3.8) is 0 Å². The predicted molar refractivity (Wildman–Crippen MR) is 140 cm³/mol. The predicted octanol–water partition coefficient (Wildman–Crippen LogP) is 6.86. The van der Waals surface area contributed by atoms with E-state index in [1.54, 1.807) is 14.2 Å². The van der Waals surface area contributed by atoms with E-state index in [-0.39, 0.29) is 18.4 Å². The highest BCUT2D eigenvalue weighted by Crippen LogP contribution is 2.39. The van der Waals surface area contributed by atoms with Crippen LogP contribution < -0.4 is 19.5 Å². The smallest absolute Gasteiger partial charge is 0.416 e. The van der Waals surface area contributed by atoms with Gasteiger partial charge in [0.25, 0.3) is 0 Å². The zero-order chi connectivity index (χ0) is 25.9. The van der Waals surface area contributed by atoms with Crippen LogP contribution in [0.25, 0.3) is 0 Å². The Bertz CT molecular complexity index is 1260. The van der Waals surface area contributed by atoms with E-state index in [0.29, 0.717) is 29.6 Å². The van der Waals surface area contributed by atoms with Crippen molar-refractivity contribution in [3.05, 3.63) is 81.8 Å². The van der Waals surface area contributed by atoms with Crippen LogP contribution in [0.1, 0.15) is 22.7 Å². The summed E-state index contributed by atoms with van der Waals surface area (Å²) in [5.41, 5.74) is 1.99. The second-order valence-corrected chi connectivity index (χ2v) is 9.44. The Kier molecular flexibility index (Phi) is 7.94. The number of alkyl halides is 3. The topological polar surface area (TPSA) is 43.0 Å². The van der Waals surface area contributed by atoms with E-state index in [1.165, 1.54) is 12.1 Å². The molecule has 5 nitrogen and oxygen atoms in total. The molecule has 0 radical (unpaired) electrons. The van der Waals surface area contributed by atoms with Gasteiger partial charge in [0.15, 0.2) is 16.6 Å². The van der Waals surface area contributed by atoms with Gasteiger partial charge < -0.3 is 24.4 Å². The number of hydrogen-bond acceptors (Lipinski definition) is 4. The van der Waals surface area contributed by atoms with Gasteiger partial charge >= 0.3 is 6.18 Å². The fraction of sp³-hybridized carbons (Fsp3) is 0.269. The molecule has 0 amide bonds. The number of thiocarbonyl (C=S) groups is 1. The fourth-order valence-electron chi connectivity index (χ4n) is 4.15. The first-order chi connectivity index (χ1) is 17.2. The number of methoxy groups -OCH3 is 2. The summed E-state index contributed by atoms with van der Waals surface area (Å²) in [5, 5.41) is 3.74. The quantitative estimate of drug-likeness (QED) is 0.321. The summed E-state index contributed by atoms with van der Waals surface area (Å²) in [6, 6.07) is 15.9. The van der Waals surface area contributed by atoms with E-state index in [2.05, 4.69) is 21.2 Å². The van der Waals surface area contributed by atoms with Gasteiger partial charge in [-0.25, -0.2) is 0 Å². The molecular formula is C26H24BrF3N2O3S. The molecule has 0 fully saturated rings. The first-order valence-electron chi connectivity index (χ1n) is 11.1. The molecule has 1 N–H and O–H groups in total. The largest absolute Gasteiger partial charge is 0.493 e. The highest BCUT2D eigenvalue weighted by molar-refractivity contribution is 9.10. The molecule has 1 aliphatic rings. The maximum atomic E-state index is 13.2. The van der Waals surface area contributed by atoms with E-state index in [1.807, 2.05) is 41.3 Å². The summed E-state index contributed by atoms with van der Waals surface area (Å²) in [6.45, 7) is 0.656. The normalized spacial score (nSPS) is 15.2. The van der Waals surface area contributed by atoms with Gasteiger partial charge in [0, 0.05) is 16.7 Å². The van der Waals surface area contributed by atoms with Gasteiger partial charge in [0.1, 0.15) is 12.4 Å². The Balaban J connectivity index is 1.65. The Morgan fingerprint density at radius 3 is 2.47 bits per heavy atom. The number of nitrogens with one attached hydrogen (secondary N) is 1. The zero-order valence-electron chi connectivity index (χ0n) is 19.6. The molecule has 36 heavy (non-hydrogen) atoms. The summed E-state index contributed by atoms with van der Waals surface area (Å²) >= 11 is 9.21. The van der Waals surface area contributed by atoms with Crippen molar-refractivity contribution in [1.82, 2.24) is 4.90 Å². The summed E-state index contributed by atoms with van der Waals surface area (Å²) in [4.78, 5) is 1.98. The summed E-state index contributed by atoms with van der Waals surface area (Å²) < 4.78 is 57.4. The average Bonchev–Trinajstić information content (AvgIpc) is 2.85. The highest BCUT2D eigenvalue weighted by atomic mass is 79.9. The minimum Gasteiger partial charge on any atom is -0.493 e. The van der Waals surface area contributed by atoms with Crippen LogP contribution in [0.3, 0.4) is 0 Å². The lowest BCUT2D eigenvalue weighted by Gasteiger charge is -2.39. The maximum absolute atomic E-state index is 13.2. The molecule has 4 rings (SSSR count). The molecule has 0 aromatic heterocycles. The van der Waals surface area contributed by atoms with Gasteiger partial charge in [-0.15, -0.1) is 0 Å². The highest BCUT2D eigenvalue weighted by Gasteiger charge is 2.33. The van der Waals surface area contributed by atoms with Crippen LogP contribution in [0.4, 0.5) is 18.9 Å². The Morgan fingerprint density at radius 1 is 1.06 bits per heavy atom. The molecular weight excluding hydrogens is 557 g/mol. The maximum Gasteiger partial charge on any atom is 0.416 e. The standard InChI is InChI=1S/C26H24BrF3N2O3S/c1-33-23-11-16-9-10-32(25(36)31-19-7-4-6-18(27)13-19)22(21(16)14-24(23)34-2)15-35-20-8-3-5-17(12-20)26(28,29)30/h3-8,11-14,22H,9-10,15H2,1-2H3,(H,31,36). The molecule has 0 bridgehead atoms. The molecule has 0 spiro atoms. The average molecular weight is 581 g/mol. The first-order valence-corrected chi connectivity index (χ1v) is 12.3. The Hall–Kier alpha value is -2.98. The number of ether oxygens (including phenoxy) is 3. The Morgan fingerprint density at radius 2 is 1.78 bits per heavy atom. The molecule has 0 saturated heterocycles. The Labute approximate surface area is 221 Å². The lowest BCUT2D eigenvalue weighted by atomic mass is 9.92. The monoisotopic (exact) mass is 580 g/mol. The van der Waals surface area contributed by atoms with Crippen LogP contribution in [-0.2, 0) is 12.6 Å². The molecule has 1 atom stereocenters. The van der Waals surface area contributed by atoms with Gasteiger partial charge in [-0.2, -0.15) is 13.2 Å². The molecule has 1 aliphatic heterocycles. The molecule has 1 unspecified atom stereocenters. The van der Waals surface area contributed by atoms with Gasteiger partial charge in [-0.05, 0) is 78.3 Å². The fourth-order valence-corrected chi connectivity index (χ4v) is 4.89. The minimum absolute atomic E-state index is 0.0735. The van der Waals surface area contributed by atoms with Crippen molar-refractivity contribution in [2.24, 2.45) is 0 Å². The third kappa shape index (κ3) is 5.87. The third-order valence-corrected chi connectivity index (χ3v) is 6.74. The molecule has 0 aliphatic carbocycles. The van der Waals surface area contributed by atoms with E-state index >= 15 is 0 Å². The molecule has 3 aromatic rings. The number of benzene rings is 3. The molecule has 1 heterocycles. The zero-order valence-corrected chi connectivity index (χ0v) is 22.0. The number of fused-ring (bicyclic) bond motifs is 1. The molecule has 0 saturated carbocycles. The van der Waals surface area contributed by atoms with Gasteiger partial charge in [-0.1, -0.05) is 28.1 Å². The van der Waals surface area contributed by atoms with Crippen LogP contribution in [0, 0.1) is 0 Å². The summed E-state index contributed by atoms with van der Waals surface area (Å²) in [7, 11) is 3.13. The lowest BCUT2D eigenvalue weighted by molar-refractivity contribution is -0.137. The van der Waals surface area contributed by atoms with Crippen LogP contribution in [0.5, 0.6) is 17.2 Å². The van der Waals surface area contributed by atoms with E-state index < -0.39 is 11.7 Å². The number of hydrogen-bond donors (Lipinski definition) is 1. The van der Waals surface area contributed by atoms with Crippen LogP contribution in [-0.4, -0.2) is 37.4 Å². The number of anilines is 1. The lowest BCUT2D eigenvalue weighted by Crippen LogP contribution is -2.44. The van der Waals surface area contributed by atoms with Gasteiger partial charge in [0.05, 0.1) is 25.8 Å². The molecule has 3 aromatic carbocycles.